The van der Waals surface area contributed by atoms with Crippen LogP contribution in [0.4, 0.5) is 5.69 Å². The zero-order valence-corrected chi connectivity index (χ0v) is 17.3. The summed E-state index contributed by atoms with van der Waals surface area (Å²) in [6, 6.07) is 15.5. The number of carboxylic acids is 1. The van der Waals surface area contributed by atoms with E-state index < -0.39 is 5.97 Å². The molecule has 2 aromatic rings. The molecular weight excluding hydrogens is 390 g/mol. The Balaban J connectivity index is 1.50. The molecule has 5 nitrogen and oxygen atoms in total. The van der Waals surface area contributed by atoms with Crippen molar-refractivity contribution in [1.29, 1.82) is 0 Å². The van der Waals surface area contributed by atoms with Crippen molar-refractivity contribution in [2.24, 2.45) is 4.99 Å². The molecule has 0 unspecified atom stereocenters. The lowest BCUT2D eigenvalue weighted by Crippen LogP contribution is -2.17. The summed E-state index contributed by atoms with van der Waals surface area (Å²) in [5, 5.41) is 9.60. The average molecular weight is 415 g/mol. The number of hydrogen-bond acceptors (Lipinski definition) is 4. The molecule has 31 heavy (non-hydrogen) atoms. The number of aromatic carboxylic acids is 1. The molecule has 1 aliphatic heterocycles. The molecule has 0 atom stereocenters. The van der Waals surface area contributed by atoms with Crippen molar-refractivity contribution < 1.29 is 19.4 Å². The first kappa shape index (κ1) is 20.7. The number of ether oxygens (including phenoxy) is 2. The average Bonchev–Trinajstić information content (AvgIpc) is 2.79. The maximum atomic E-state index is 11.7. The molecule has 0 radical (unpaired) electrons. The second-order valence-corrected chi connectivity index (χ2v) is 7.61. The highest BCUT2D eigenvalue weighted by Crippen LogP contribution is 2.26. The Bertz CT molecular complexity index is 1060. The minimum Gasteiger partial charge on any atom is -0.488 e. The van der Waals surface area contributed by atoms with E-state index in [4.69, 9.17) is 9.47 Å². The van der Waals surface area contributed by atoms with Gasteiger partial charge in [0.1, 0.15) is 12.0 Å². The van der Waals surface area contributed by atoms with Gasteiger partial charge in [-0.15, -0.1) is 0 Å². The maximum absolute atomic E-state index is 11.7. The predicted octanol–water partition coefficient (Wildman–Crippen LogP) is 5.75. The van der Waals surface area contributed by atoms with E-state index in [-0.39, 0.29) is 12.2 Å². The van der Waals surface area contributed by atoms with Gasteiger partial charge in [0.2, 0.25) is 5.90 Å². The molecule has 4 rings (SSSR count). The summed E-state index contributed by atoms with van der Waals surface area (Å²) < 4.78 is 11.5. The summed E-state index contributed by atoms with van der Waals surface area (Å²) in [6.45, 7) is 0.176. The molecule has 0 spiro atoms. The van der Waals surface area contributed by atoms with Gasteiger partial charge in [0, 0.05) is 6.42 Å². The van der Waals surface area contributed by atoms with Crippen molar-refractivity contribution in [2.45, 2.75) is 32.1 Å². The van der Waals surface area contributed by atoms with Gasteiger partial charge in [0.15, 0.2) is 6.61 Å². The summed E-state index contributed by atoms with van der Waals surface area (Å²) in [7, 11) is 0. The summed E-state index contributed by atoms with van der Waals surface area (Å²) >= 11 is 0. The van der Waals surface area contributed by atoms with Gasteiger partial charge < -0.3 is 14.6 Å². The first-order valence-electron chi connectivity index (χ1n) is 10.5. The molecule has 158 valence electrons. The molecule has 0 saturated carbocycles. The number of aryl methyl sites for hydroxylation is 2. The third-order valence-corrected chi connectivity index (χ3v) is 5.25. The third kappa shape index (κ3) is 5.72. The van der Waals surface area contributed by atoms with Crippen molar-refractivity contribution >= 4 is 17.6 Å². The zero-order valence-electron chi connectivity index (χ0n) is 17.3. The van der Waals surface area contributed by atoms with Gasteiger partial charge >= 0.3 is 5.97 Å². The Labute approximate surface area is 182 Å². The number of hydrogen-bond donors (Lipinski definition) is 1. The lowest BCUT2D eigenvalue weighted by atomic mass is 10.0. The van der Waals surface area contributed by atoms with Crippen LogP contribution in [0.5, 0.6) is 0 Å². The Morgan fingerprint density at radius 1 is 1.06 bits per heavy atom. The van der Waals surface area contributed by atoms with E-state index in [1.54, 1.807) is 12.3 Å². The fraction of sp³-hybridized carbons (Fsp3) is 0.231. The fourth-order valence-corrected chi connectivity index (χ4v) is 3.64. The topological polar surface area (TPSA) is 68.1 Å². The largest absolute Gasteiger partial charge is 0.488 e. The van der Waals surface area contributed by atoms with Gasteiger partial charge in [0.05, 0.1) is 11.3 Å². The SMILES string of the molecule is O=C(O)c1ccc(CCc2ccccc2)cc1N=C1COC=C(CC2=CC=CCC2)O1. The highest BCUT2D eigenvalue weighted by molar-refractivity contribution is 5.95. The van der Waals surface area contributed by atoms with E-state index in [1.807, 2.05) is 30.3 Å². The van der Waals surface area contributed by atoms with Crippen molar-refractivity contribution in [3.05, 3.63) is 101 Å². The number of rotatable bonds is 7. The van der Waals surface area contributed by atoms with Gasteiger partial charge in [-0.05, 0) is 48.9 Å². The van der Waals surface area contributed by atoms with E-state index in [2.05, 4.69) is 35.4 Å². The molecule has 0 aromatic heterocycles. The summed E-state index contributed by atoms with van der Waals surface area (Å²) in [4.78, 5) is 16.2. The highest BCUT2D eigenvalue weighted by Gasteiger charge is 2.17. The number of carbonyl (C=O) groups is 1. The van der Waals surface area contributed by atoms with Crippen molar-refractivity contribution in [3.63, 3.8) is 0 Å². The third-order valence-electron chi connectivity index (χ3n) is 5.25. The van der Waals surface area contributed by atoms with Crippen molar-refractivity contribution in [2.75, 3.05) is 6.61 Å². The van der Waals surface area contributed by atoms with Crippen LogP contribution in [0.3, 0.4) is 0 Å². The molecule has 2 aromatic carbocycles. The number of carboxylic acid groups (broad SMARTS) is 1. The fourth-order valence-electron chi connectivity index (χ4n) is 3.64. The summed E-state index contributed by atoms with van der Waals surface area (Å²) in [5.41, 5.74) is 4.07. The Morgan fingerprint density at radius 2 is 1.90 bits per heavy atom. The normalized spacial score (nSPS) is 16.8. The second-order valence-electron chi connectivity index (χ2n) is 7.61. The van der Waals surface area contributed by atoms with Crippen molar-refractivity contribution in [1.82, 2.24) is 0 Å². The number of nitrogens with zero attached hydrogens (tertiary/aromatic N) is 1. The van der Waals surface area contributed by atoms with Crippen LogP contribution in [-0.4, -0.2) is 23.6 Å². The van der Waals surface area contributed by atoms with Gasteiger partial charge in [-0.3, -0.25) is 0 Å². The molecule has 0 bridgehead atoms. The molecule has 1 heterocycles. The molecule has 0 fully saturated rings. The monoisotopic (exact) mass is 415 g/mol. The van der Waals surface area contributed by atoms with E-state index in [1.165, 1.54) is 11.1 Å². The molecule has 0 saturated heterocycles. The van der Waals surface area contributed by atoms with Crippen LogP contribution < -0.4 is 0 Å². The number of allylic oxidation sites excluding steroid dienone is 4. The standard InChI is InChI=1S/C26H25NO4/c28-26(29)23-14-13-21(12-11-19-7-3-1-4-8-19)16-24(23)27-25-18-30-17-22(31-25)15-20-9-5-2-6-10-20/h1-5,7-9,13-14,16-17H,6,10-12,15,18H2,(H,28,29). The zero-order chi connectivity index (χ0) is 21.5. The quantitative estimate of drug-likeness (QED) is 0.625. The first-order valence-corrected chi connectivity index (χ1v) is 10.5. The lowest BCUT2D eigenvalue weighted by Gasteiger charge is -2.19. The summed E-state index contributed by atoms with van der Waals surface area (Å²) in [6.07, 6.45) is 12.3. The predicted molar refractivity (Wildman–Crippen MR) is 121 cm³/mol. The lowest BCUT2D eigenvalue weighted by molar-refractivity contribution is 0.0698. The van der Waals surface area contributed by atoms with Crippen LogP contribution in [-0.2, 0) is 22.3 Å². The minimum atomic E-state index is -1.01. The van der Waals surface area contributed by atoms with Crippen LogP contribution in [0.1, 0.15) is 40.7 Å². The molecule has 2 aliphatic rings. The van der Waals surface area contributed by atoms with Crippen molar-refractivity contribution in [3.8, 4) is 0 Å². The highest BCUT2D eigenvalue weighted by atomic mass is 16.6. The van der Waals surface area contributed by atoms with Gasteiger partial charge in [-0.2, -0.15) is 0 Å². The molecule has 1 N–H and O–H groups in total. The smallest absolute Gasteiger partial charge is 0.337 e. The Kier molecular flexibility index (Phi) is 6.62. The van der Waals surface area contributed by atoms with E-state index in [0.717, 1.165) is 31.2 Å². The van der Waals surface area contributed by atoms with Crippen LogP contribution in [0.25, 0.3) is 0 Å². The Hall–Kier alpha value is -3.60. The van der Waals surface area contributed by atoms with E-state index in [0.29, 0.717) is 23.8 Å². The molecule has 1 aliphatic carbocycles. The van der Waals surface area contributed by atoms with E-state index in [9.17, 15) is 9.90 Å². The van der Waals surface area contributed by atoms with Gasteiger partial charge in [-0.1, -0.05) is 60.2 Å². The summed E-state index contributed by atoms with van der Waals surface area (Å²) in [5.74, 6) is 0.0384. The second kappa shape index (κ2) is 9.94. The van der Waals surface area contributed by atoms with E-state index >= 15 is 0 Å². The van der Waals surface area contributed by atoms with Crippen LogP contribution in [0, 0.1) is 0 Å². The van der Waals surface area contributed by atoms with Gasteiger partial charge in [-0.25, -0.2) is 9.79 Å². The van der Waals surface area contributed by atoms with Crippen LogP contribution in [0.15, 0.2) is 89.3 Å². The minimum absolute atomic E-state index is 0.149. The maximum Gasteiger partial charge on any atom is 0.337 e. The molecule has 5 heteroatoms. The van der Waals surface area contributed by atoms with Crippen LogP contribution >= 0.6 is 0 Å². The molecular formula is C26H25NO4. The Morgan fingerprint density at radius 3 is 2.68 bits per heavy atom. The first-order chi connectivity index (χ1) is 15.2. The molecule has 0 amide bonds. The van der Waals surface area contributed by atoms with Gasteiger partial charge in [0.25, 0.3) is 0 Å². The van der Waals surface area contributed by atoms with Crippen LogP contribution in [0.2, 0.25) is 0 Å². The number of aliphatic imine (C=N–C) groups is 1. The number of benzene rings is 2.